The van der Waals surface area contributed by atoms with E-state index in [0.29, 0.717) is 24.6 Å². The van der Waals surface area contributed by atoms with Gasteiger partial charge in [-0.05, 0) is 41.8 Å². The zero-order valence-electron chi connectivity index (χ0n) is 12.8. The van der Waals surface area contributed by atoms with E-state index < -0.39 is 5.82 Å². The molecule has 0 bridgehead atoms. The summed E-state index contributed by atoms with van der Waals surface area (Å²) in [4.78, 5) is 11.8. The van der Waals surface area contributed by atoms with Crippen molar-refractivity contribution in [2.45, 2.75) is 19.8 Å². The topological polar surface area (TPSA) is 38.3 Å². The predicted octanol–water partition coefficient (Wildman–Crippen LogP) is 3.76. The van der Waals surface area contributed by atoms with Gasteiger partial charge in [-0.2, -0.15) is 0 Å². The molecule has 22 heavy (non-hydrogen) atoms. The molecule has 2 aromatic carbocycles. The van der Waals surface area contributed by atoms with E-state index >= 15 is 0 Å². The Kier molecular flexibility index (Phi) is 5.53. The van der Waals surface area contributed by atoms with E-state index in [9.17, 15) is 9.18 Å². The largest absolute Gasteiger partial charge is 0.492 e. The van der Waals surface area contributed by atoms with Gasteiger partial charge in [-0.3, -0.25) is 4.79 Å². The number of halogens is 1. The third kappa shape index (κ3) is 4.58. The van der Waals surface area contributed by atoms with Crippen LogP contribution in [-0.4, -0.2) is 19.1 Å². The summed E-state index contributed by atoms with van der Waals surface area (Å²) in [5, 5.41) is 2.70. The van der Waals surface area contributed by atoms with Gasteiger partial charge >= 0.3 is 0 Å². The fourth-order valence-electron chi connectivity index (χ4n) is 2.01. The van der Waals surface area contributed by atoms with Gasteiger partial charge < -0.3 is 10.1 Å². The lowest BCUT2D eigenvalue weighted by atomic mass is 10.0. The van der Waals surface area contributed by atoms with Crippen molar-refractivity contribution in [1.82, 2.24) is 5.32 Å². The maximum atomic E-state index is 13.0. The van der Waals surface area contributed by atoms with E-state index in [0.717, 1.165) is 5.75 Å². The van der Waals surface area contributed by atoms with Crippen molar-refractivity contribution in [3.8, 4) is 5.75 Å². The molecule has 0 spiro atoms. The van der Waals surface area contributed by atoms with Gasteiger partial charge in [-0.15, -0.1) is 0 Å². The second kappa shape index (κ2) is 7.59. The van der Waals surface area contributed by atoms with Crippen LogP contribution in [0.3, 0.4) is 0 Å². The molecule has 1 N–H and O–H groups in total. The van der Waals surface area contributed by atoms with Gasteiger partial charge in [0, 0.05) is 5.56 Å². The molecule has 2 aromatic rings. The number of hydrogen-bond donors (Lipinski definition) is 1. The van der Waals surface area contributed by atoms with E-state index in [4.69, 9.17) is 4.74 Å². The Morgan fingerprint density at radius 2 is 1.91 bits per heavy atom. The van der Waals surface area contributed by atoms with Crippen LogP contribution in [0.2, 0.25) is 0 Å². The highest BCUT2D eigenvalue weighted by Gasteiger charge is 2.05. The lowest BCUT2D eigenvalue weighted by molar-refractivity contribution is 0.0946. The summed E-state index contributed by atoms with van der Waals surface area (Å²) in [6, 6.07) is 13.5. The molecule has 0 aliphatic rings. The van der Waals surface area contributed by atoms with Crippen LogP contribution in [0.4, 0.5) is 4.39 Å². The Bertz CT molecular complexity index is 623. The molecule has 0 saturated carbocycles. The average molecular weight is 301 g/mol. The minimum absolute atomic E-state index is 0.307. The zero-order chi connectivity index (χ0) is 15.9. The molecule has 2 rings (SSSR count). The highest BCUT2D eigenvalue weighted by Crippen LogP contribution is 2.18. The lowest BCUT2D eigenvalue weighted by Crippen LogP contribution is -2.28. The Hall–Kier alpha value is -2.36. The van der Waals surface area contributed by atoms with Crippen molar-refractivity contribution in [1.29, 1.82) is 0 Å². The summed E-state index contributed by atoms with van der Waals surface area (Å²) in [6.45, 7) is 5.00. The lowest BCUT2D eigenvalue weighted by Gasteiger charge is -2.10. The smallest absolute Gasteiger partial charge is 0.251 e. The molecule has 116 valence electrons. The molecule has 0 aliphatic carbocycles. The molecule has 0 heterocycles. The molecule has 0 aromatic heterocycles. The van der Waals surface area contributed by atoms with E-state index in [-0.39, 0.29) is 5.91 Å². The third-order valence-corrected chi connectivity index (χ3v) is 3.29. The number of hydrogen-bond acceptors (Lipinski definition) is 2. The highest BCUT2D eigenvalue weighted by molar-refractivity contribution is 5.94. The van der Waals surface area contributed by atoms with E-state index in [2.05, 4.69) is 19.2 Å². The first-order valence-corrected chi connectivity index (χ1v) is 7.33. The van der Waals surface area contributed by atoms with E-state index in [1.807, 2.05) is 24.3 Å². The van der Waals surface area contributed by atoms with Gasteiger partial charge in [0.25, 0.3) is 5.91 Å². The molecule has 3 nitrogen and oxygen atoms in total. The molecule has 4 heteroatoms. The van der Waals surface area contributed by atoms with Crippen molar-refractivity contribution in [3.63, 3.8) is 0 Å². The fourth-order valence-corrected chi connectivity index (χ4v) is 2.01. The van der Waals surface area contributed by atoms with Crippen molar-refractivity contribution >= 4 is 5.91 Å². The zero-order valence-corrected chi connectivity index (χ0v) is 12.8. The predicted molar refractivity (Wildman–Crippen MR) is 84.8 cm³/mol. The SMILES string of the molecule is CC(C)c1ccc(OCCNC(=O)c2cccc(F)c2)cc1. The Morgan fingerprint density at radius 3 is 2.55 bits per heavy atom. The highest BCUT2D eigenvalue weighted by atomic mass is 19.1. The number of carbonyl (C=O) groups excluding carboxylic acids is 1. The first-order valence-electron chi connectivity index (χ1n) is 7.33. The fraction of sp³-hybridized carbons (Fsp3) is 0.278. The minimum atomic E-state index is -0.422. The summed E-state index contributed by atoms with van der Waals surface area (Å²) < 4.78 is 18.6. The van der Waals surface area contributed by atoms with Crippen molar-refractivity contribution < 1.29 is 13.9 Å². The standard InChI is InChI=1S/C18H20FNO2/c1-13(2)14-6-8-17(9-7-14)22-11-10-20-18(21)15-4-3-5-16(19)12-15/h3-9,12-13H,10-11H2,1-2H3,(H,20,21). The molecule has 0 fully saturated rings. The Morgan fingerprint density at radius 1 is 1.18 bits per heavy atom. The average Bonchev–Trinajstić information content (AvgIpc) is 2.51. The van der Waals surface area contributed by atoms with Gasteiger partial charge in [0.05, 0.1) is 6.54 Å². The summed E-state index contributed by atoms with van der Waals surface area (Å²) in [7, 11) is 0. The molecule has 0 saturated heterocycles. The van der Waals surface area contributed by atoms with Crippen molar-refractivity contribution in [2.75, 3.05) is 13.2 Å². The van der Waals surface area contributed by atoms with Gasteiger partial charge in [0.1, 0.15) is 18.2 Å². The molecular formula is C18H20FNO2. The first kappa shape index (κ1) is 16.0. The van der Waals surface area contributed by atoms with Crippen LogP contribution >= 0.6 is 0 Å². The molecule has 0 unspecified atom stereocenters. The van der Waals surface area contributed by atoms with Crippen LogP contribution in [0.15, 0.2) is 48.5 Å². The molecule has 0 aliphatic heterocycles. The molecular weight excluding hydrogens is 281 g/mol. The normalized spacial score (nSPS) is 10.5. The van der Waals surface area contributed by atoms with Crippen molar-refractivity contribution in [2.24, 2.45) is 0 Å². The number of carbonyl (C=O) groups is 1. The summed E-state index contributed by atoms with van der Waals surface area (Å²) >= 11 is 0. The van der Waals surface area contributed by atoms with Gasteiger partial charge in [0.2, 0.25) is 0 Å². The van der Waals surface area contributed by atoms with E-state index in [1.165, 1.54) is 23.8 Å². The number of nitrogens with one attached hydrogen (secondary N) is 1. The number of ether oxygens (including phenoxy) is 1. The van der Waals surface area contributed by atoms with Crippen LogP contribution in [0.25, 0.3) is 0 Å². The molecule has 0 atom stereocenters. The van der Waals surface area contributed by atoms with Crippen LogP contribution in [-0.2, 0) is 0 Å². The van der Waals surface area contributed by atoms with Crippen molar-refractivity contribution in [3.05, 3.63) is 65.5 Å². The minimum Gasteiger partial charge on any atom is -0.492 e. The van der Waals surface area contributed by atoms with Gasteiger partial charge in [-0.1, -0.05) is 32.0 Å². The number of benzene rings is 2. The van der Waals surface area contributed by atoms with Crippen LogP contribution < -0.4 is 10.1 Å². The molecule has 0 radical (unpaired) electrons. The monoisotopic (exact) mass is 301 g/mol. The second-order valence-electron chi connectivity index (χ2n) is 5.34. The maximum absolute atomic E-state index is 13.0. The van der Waals surface area contributed by atoms with Gasteiger partial charge in [-0.25, -0.2) is 4.39 Å². The van der Waals surface area contributed by atoms with Gasteiger partial charge in [0.15, 0.2) is 0 Å². The Labute approximate surface area is 130 Å². The van der Waals surface area contributed by atoms with Crippen LogP contribution in [0, 0.1) is 5.82 Å². The maximum Gasteiger partial charge on any atom is 0.251 e. The van der Waals surface area contributed by atoms with Crippen LogP contribution in [0.5, 0.6) is 5.75 Å². The third-order valence-electron chi connectivity index (χ3n) is 3.29. The number of amides is 1. The Balaban J connectivity index is 1.76. The number of rotatable bonds is 6. The summed E-state index contributed by atoms with van der Waals surface area (Å²) in [6.07, 6.45) is 0. The summed E-state index contributed by atoms with van der Waals surface area (Å²) in [5.74, 6) is 0.524. The second-order valence-corrected chi connectivity index (χ2v) is 5.34. The molecule has 1 amide bonds. The summed E-state index contributed by atoms with van der Waals surface area (Å²) in [5.41, 5.74) is 1.56. The van der Waals surface area contributed by atoms with E-state index in [1.54, 1.807) is 6.07 Å². The van der Waals surface area contributed by atoms with Crippen LogP contribution in [0.1, 0.15) is 35.7 Å². The quantitative estimate of drug-likeness (QED) is 0.825. The first-order chi connectivity index (χ1) is 10.6.